The summed E-state index contributed by atoms with van der Waals surface area (Å²) < 4.78 is 25.4. The van der Waals surface area contributed by atoms with Crippen LogP contribution in [0.5, 0.6) is 0 Å². The number of nitrogens with one attached hydrogen (secondary N) is 1. The molecule has 1 amide bonds. The van der Waals surface area contributed by atoms with E-state index in [-0.39, 0.29) is 5.75 Å². The zero-order valence-corrected chi connectivity index (χ0v) is 18.9. The van der Waals surface area contributed by atoms with E-state index in [1.165, 1.54) is 11.3 Å². The maximum Gasteiger partial charge on any atom is 0.241 e. The van der Waals surface area contributed by atoms with Gasteiger partial charge in [-0.1, -0.05) is 40.2 Å². The third kappa shape index (κ3) is 5.91. The van der Waals surface area contributed by atoms with Crippen LogP contribution < -0.4 is 5.32 Å². The van der Waals surface area contributed by atoms with E-state index >= 15 is 0 Å². The van der Waals surface area contributed by atoms with Crippen molar-refractivity contribution in [2.45, 2.75) is 10.6 Å². The van der Waals surface area contributed by atoms with Crippen molar-refractivity contribution in [1.29, 1.82) is 0 Å². The topological polar surface area (TPSA) is 76.1 Å². The second-order valence-electron chi connectivity index (χ2n) is 5.97. The molecule has 0 aliphatic carbocycles. The van der Waals surface area contributed by atoms with Crippen LogP contribution in [0, 0.1) is 0 Å². The third-order valence-corrected chi connectivity index (χ3v) is 7.29. The number of sulfone groups is 1. The number of anilines is 1. The van der Waals surface area contributed by atoms with Gasteiger partial charge in [0.1, 0.15) is 5.75 Å². The second-order valence-corrected chi connectivity index (χ2v) is 10.7. The molecule has 1 N–H and O–H groups in total. The van der Waals surface area contributed by atoms with Gasteiger partial charge in [-0.3, -0.25) is 4.79 Å². The summed E-state index contributed by atoms with van der Waals surface area (Å²) in [5.74, 6) is -1.35. The number of thiazole rings is 1. The molecule has 0 radical (unpaired) electrons. The number of hydrogen-bond acceptors (Lipinski definition) is 6. The Labute approximate surface area is 180 Å². The minimum Gasteiger partial charge on any atom is -0.301 e. The molecular formula is C19H17BrN2O3S3. The fourth-order valence-corrected chi connectivity index (χ4v) is 5.15. The van der Waals surface area contributed by atoms with Gasteiger partial charge in [0.15, 0.2) is 15.0 Å². The van der Waals surface area contributed by atoms with Crippen molar-refractivity contribution in [3.05, 3.63) is 63.9 Å². The Balaban J connectivity index is 1.61. The molecule has 0 saturated carbocycles. The highest BCUT2D eigenvalue weighted by atomic mass is 79.9. The highest BCUT2D eigenvalue weighted by Gasteiger charge is 2.18. The normalized spacial score (nSPS) is 11.4. The fourth-order valence-electron chi connectivity index (χ4n) is 2.47. The van der Waals surface area contributed by atoms with Gasteiger partial charge in [-0.15, -0.1) is 23.1 Å². The van der Waals surface area contributed by atoms with Gasteiger partial charge in [0.25, 0.3) is 0 Å². The molecule has 3 rings (SSSR count). The largest absolute Gasteiger partial charge is 0.301 e. The Morgan fingerprint density at radius 3 is 2.46 bits per heavy atom. The highest BCUT2D eigenvalue weighted by molar-refractivity contribution is 9.10. The SMILES string of the molecule is CSc1ccc(-c2csc(NC(=O)CS(=O)(=O)Cc3ccc(Br)cc3)n2)cc1. The molecule has 0 atom stereocenters. The molecule has 2 aromatic carbocycles. The van der Waals surface area contributed by atoms with E-state index in [0.717, 1.165) is 20.6 Å². The number of nitrogens with zero attached hydrogens (tertiary/aromatic N) is 1. The molecule has 0 spiro atoms. The van der Waals surface area contributed by atoms with E-state index in [2.05, 4.69) is 26.2 Å². The summed E-state index contributed by atoms with van der Waals surface area (Å²) in [6.45, 7) is 0. The van der Waals surface area contributed by atoms with Gasteiger partial charge < -0.3 is 5.32 Å². The predicted octanol–water partition coefficient (Wildman–Crippen LogP) is 4.85. The molecule has 1 aromatic heterocycles. The molecule has 28 heavy (non-hydrogen) atoms. The number of aromatic nitrogens is 1. The summed E-state index contributed by atoms with van der Waals surface area (Å²) in [4.78, 5) is 17.7. The van der Waals surface area contributed by atoms with E-state index in [9.17, 15) is 13.2 Å². The summed E-state index contributed by atoms with van der Waals surface area (Å²) >= 11 is 6.23. The zero-order valence-electron chi connectivity index (χ0n) is 14.9. The number of rotatable bonds is 7. The fraction of sp³-hybridized carbons (Fsp3) is 0.158. The first-order valence-electron chi connectivity index (χ1n) is 8.19. The average molecular weight is 497 g/mol. The number of carbonyl (C=O) groups excluding carboxylic acids is 1. The Morgan fingerprint density at radius 1 is 1.14 bits per heavy atom. The van der Waals surface area contributed by atoms with E-state index in [4.69, 9.17) is 0 Å². The summed E-state index contributed by atoms with van der Waals surface area (Å²) in [7, 11) is -3.57. The van der Waals surface area contributed by atoms with Gasteiger partial charge in [-0.05, 0) is 36.1 Å². The lowest BCUT2D eigenvalue weighted by atomic mass is 10.2. The molecular weight excluding hydrogens is 480 g/mol. The Kier molecular flexibility index (Phi) is 6.92. The molecule has 9 heteroatoms. The van der Waals surface area contributed by atoms with E-state index in [0.29, 0.717) is 10.7 Å². The van der Waals surface area contributed by atoms with Crippen LogP contribution in [0.1, 0.15) is 5.56 Å². The Morgan fingerprint density at radius 2 is 1.82 bits per heavy atom. The second kappa shape index (κ2) is 9.21. The average Bonchev–Trinajstić information content (AvgIpc) is 3.11. The number of amides is 1. The number of halogens is 1. The van der Waals surface area contributed by atoms with Gasteiger partial charge in [0, 0.05) is 20.3 Å². The minimum atomic E-state index is -3.57. The molecule has 0 aliphatic rings. The lowest BCUT2D eigenvalue weighted by Crippen LogP contribution is -2.23. The molecule has 0 saturated heterocycles. The summed E-state index contributed by atoms with van der Waals surface area (Å²) in [5, 5.41) is 4.80. The van der Waals surface area contributed by atoms with Crippen molar-refractivity contribution in [3.8, 4) is 11.3 Å². The van der Waals surface area contributed by atoms with Crippen molar-refractivity contribution in [2.75, 3.05) is 17.3 Å². The van der Waals surface area contributed by atoms with Crippen molar-refractivity contribution in [3.63, 3.8) is 0 Å². The Bertz CT molecular complexity index is 1060. The monoisotopic (exact) mass is 496 g/mol. The van der Waals surface area contributed by atoms with Gasteiger partial charge in [0.05, 0.1) is 11.4 Å². The predicted molar refractivity (Wildman–Crippen MR) is 120 cm³/mol. The number of carbonyl (C=O) groups is 1. The number of thioether (sulfide) groups is 1. The molecule has 3 aromatic rings. The van der Waals surface area contributed by atoms with Gasteiger partial charge in [-0.25, -0.2) is 13.4 Å². The van der Waals surface area contributed by atoms with E-state index < -0.39 is 21.5 Å². The minimum absolute atomic E-state index is 0.182. The Hall–Kier alpha value is -1.68. The van der Waals surface area contributed by atoms with Crippen LogP contribution in [0.15, 0.2) is 63.3 Å². The lowest BCUT2D eigenvalue weighted by Gasteiger charge is -2.05. The van der Waals surface area contributed by atoms with Crippen LogP contribution in [-0.4, -0.2) is 31.3 Å². The van der Waals surface area contributed by atoms with Gasteiger partial charge in [-0.2, -0.15) is 0 Å². The van der Waals surface area contributed by atoms with Crippen LogP contribution >= 0.6 is 39.0 Å². The van der Waals surface area contributed by atoms with Crippen molar-refractivity contribution < 1.29 is 13.2 Å². The van der Waals surface area contributed by atoms with Crippen molar-refractivity contribution >= 4 is 59.9 Å². The quantitative estimate of drug-likeness (QED) is 0.473. The summed E-state index contributed by atoms with van der Waals surface area (Å²) in [6.07, 6.45) is 2.01. The van der Waals surface area contributed by atoms with Crippen LogP contribution in [0.4, 0.5) is 5.13 Å². The molecule has 0 aliphatic heterocycles. The smallest absolute Gasteiger partial charge is 0.241 e. The zero-order chi connectivity index (χ0) is 20.1. The standard InChI is InChI=1S/C19H17BrN2O3S3/c1-26-16-8-4-14(5-9-16)17-10-27-19(21-17)22-18(23)12-28(24,25)11-13-2-6-15(20)7-3-13/h2-10H,11-12H2,1H3,(H,21,22,23). The molecule has 5 nitrogen and oxygen atoms in total. The highest BCUT2D eigenvalue weighted by Crippen LogP contribution is 2.26. The van der Waals surface area contributed by atoms with Crippen molar-refractivity contribution in [1.82, 2.24) is 4.98 Å². The van der Waals surface area contributed by atoms with Crippen LogP contribution in [0.25, 0.3) is 11.3 Å². The molecule has 0 unspecified atom stereocenters. The van der Waals surface area contributed by atoms with Crippen LogP contribution in [-0.2, 0) is 20.4 Å². The molecule has 1 heterocycles. The first-order chi connectivity index (χ1) is 13.3. The van der Waals surface area contributed by atoms with Crippen molar-refractivity contribution in [2.24, 2.45) is 0 Å². The van der Waals surface area contributed by atoms with E-state index in [1.54, 1.807) is 36.0 Å². The summed E-state index contributed by atoms with van der Waals surface area (Å²) in [5.41, 5.74) is 2.32. The van der Waals surface area contributed by atoms with Gasteiger partial charge in [0.2, 0.25) is 5.91 Å². The number of benzene rings is 2. The van der Waals surface area contributed by atoms with Crippen LogP contribution in [0.2, 0.25) is 0 Å². The first kappa shape index (κ1) is 21.0. The molecule has 146 valence electrons. The molecule has 0 bridgehead atoms. The first-order valence-corrected chi connectivity index (χ1v) is 12.9. The number of hydrogen-bond donors (Lipinski definition) is 1. The third-order valence-electron chi connectivity index (χ3n) is 3.79. The van der Waals surface area contributed by atoms with E-state index in [1.807, 2.05) is 35.9 Å². The maximum absolute atomic E-state index is 12.3. The van der Waals surface area contributed by atoms with Crippen LogP contribution in [0.3, 0.4) is 0 Å². The summed E-state index contributed by atoms with van der Waals surface area (Å²) in [6, 6.07) is 14.9. The molecule has 0 fully saturated rings. The van der Waals surface area contributed by atoms with Gasteiger partial charge >= 0.3 is 0 Å². The lowest BCUT2D eigenvalue weighted by molar-refractivity contribution is -0.113. The maximum atomic E-state index is 12.3.